The second kappa shape index (κ2) is 7.46. The summed E-state index contributed by atoms with van der Waals surface area (Å²) >= 11 is 0. The van der Waals surface area contributed by atoms with E-state index in [0.29, 0.717) is 45.6 Å². The third-order valence-electron chi connectivity index (χ3n) is 5.50. The number of rotatable bonds is 5. The number of piperidine rings is 1. The van der Waals surface area contributed by atoms with E-state index in [-0.39, 0.29) is 5.75 Å². The molecule has 0 radical (unpaired) electrons. The van der Waals surface area contributed by atoms with Crippen LogP contribution in [-0.4, -0.2) is 64.7 Å². The summed E-state index contributed by atoms with van der Waals surface area (Å²) in [4.78, 5) is 2.07. The van der Waals surface area contributed by atoms with Crippen molar-refractivity contribution in [1.29, 1.82) is 0 Å². The van der Waals surface area contributed by atoms with E-state index in [1.165, 1.54) is 0 Å². The molecule has 146 valence electrons. The Bertz CT molecular complexity index is 722. The molecular formula is C19H30N2O4S. The highest BCUT2D eigenvalue weighted by molar-refractivity contribution is 7.89. The molecule has 7 heteroatoms. The molecular weight excluding hydrogens is 352 g/mol. The van der Waals surface area contributed by atoms with E-state index in [1.54, 1.807) is 4.31 Å². The molecule has 0 amide bonds. The summed E-state index contributed by atoms with van der Waals surface area (Å²) in [7, 11) is 0.750. The Morgan fingerprint density at radius 2 is 1.62 bits per heavy atom. The van der Waals surface area contributed by atoms with Gasteiger partial charge < -0.3 is 14.4 Å². The van der Waals surface area contributed by atoms with Crippen LogP contribution in [0.3, 0.4) is 0 Å². The van der Waals surface area contributed by atoms with Gasteiger partial charge in [-0.1, -0.05) is 0 Å². The van der Waals surface area contributed by atoms with Gasteiger partial charge in [0.25, 0.3) is 0 Å². The van der Waals surface area contributed by atoms with Gasteiger partial charge in [0, 0.05) is 45.7 Å². The molecule has 2 aliphatic rings. The van der Waals surface area contributed by atoms with E-state index in [4.69, 9.17) is 9.47 Å². The van der Waals surface area contributed by atoms with Crippen LogP contribution in [0.4, 0.5) is 5.69 Å². The van der Waals surface area contributed by atoms with Crippen LogP contribution in [0, 0.1) is 13.8 Å². The maximum atomic E-state index is 12.8. The van der Waals surface area contributed by atoms with Crippen molar-refractivity contribution in [3.63, 3.8) is 0 Å². The first-order chi connectivity index (χ1) is 12.2. The van der Waals surface area contributed by atoms with E-state index in [9.17, 15) is 8.42 Å². The first kappa shape index (κ1) is 19.6. The standard InChI is InChI=1S/C19H30N2O4S/c1-15-13-17(20(3)4)14-16(2)18(15)5-12-26(22,23)21-8-6-19(7-9-21)24-10-11-25-19/h13-14H,5-12H2,1-4H3. The van der Waals surface area contributed by atoms with Crippen molar-refractivity contribution in [2.75, 3.05) is 51.1 Å². The van der Waals surface area contributed by atoms with Crippen molar-refractivity contribution >= 4 is 15.7 Å². The van der Waals surface area contributed by atoms with Gasteiger partial charge in [-0.25, -0.2) is 12.7 Å². The van der Waals surface area contributed by atoms with Gasteiger partial charge in [0.2, 0.25) is 10.0 Å². The lowest BCUT2D eigenvalue weighted by molar-refractivity contribution is -0.179. The fourth-order valence-corrected chi connectivity index (χ4v) is 5.33. The normalized spacial score (nSPS) is 20.6. The molecule has 0 unspecified atom stereocenters. The van der Waals surface area contributed by atoms with Gasteiger partial charge in [0.1, 0.15) is 0 Å². The summed E-state index contributed by atoms with van der Waals surface area (Å²) in [6, 6.07) is 4.24. The summed E-state index contributed by atoms with van der Waals surface area (Å²) in [5, 5.41) is 0. The van der Waals surface area contributed by atoms with Gasteiger partial charge in [-0.2, -0.15) is 0 Å². The lowest BCUT2D eigenvalue weighted by Gasteiger charge is -2.36. The lowest BCUT2D eigenvalue weighted by atomic mass is 9.99. The van der Waals surface area contributed by atoms with Gasteiger partial charge in [-0.05, 0) is 49.1 Å². The Balaban J connectivity index is 1.64. The van der Waals surface area contributed by atoms with Crippen LogP contribution < -0.4 is 4.90 Å². The molecule has 0 aromatic heterocycles. The number of ether oxygens (including phenoxy) is 2. The number of anilines is 1. The van der Waals surface area contributed by atoms with Crippen molar-refractivity contribution < 1.29 is 17.9 Å². The minimum atomic E-state index is -3.28. The molecule has 26 heavy (non-hydrogen) atoms. The van der Waals surface area contributed by atoms with E-state index in [0.717, 1.165) is 22.4 Å². The number of aryl methyl sites for hydroxylation is 2. The quantitative estimate of drug-likeness (QED) is 0.780. The average molecular weight is 383 g/mol. The SMILES string of the molecule is Cc1cc(N(C)C)cc(C)c1CCS(=O)(=O)N1CCC2(CC1)OCCO2. The molecule has 3 rings (SSSR count). The monoisotopic (exact) mass is 382 g/mol. The van der Waals surface area contributed by atoms with Crippen LogP contribution in [0.5, 0.6) is 0 Å². The molecule has 1 spiro atoms. The zero-order valence-corrected chi connectivity index (χ0v) is 17.1. The number of hydrogen-bond acceptors (Lipinski definition) is 5. The van der Waals surface area contributed by atoms with Gasteiger partial charge in [0.05, 0.1) is 19.0 Å². The first-order valence-electron chi connectivity index (χ1n) is 9.26. The lowest BCUT2D eigenvalue weighted by Crippen LogP contribution is -2.48. The molecule has 2 aliphatic heterocycles. The van der Waals surface area contributed by atoms with E-state index >= 15 is 0 Å². The Morgan fingerprint density at radius 3 is 2.12 bits per heavy atom. The number of sulfonamides is 1. The maximum Gasteiger partial charge on any atom is 0.214 e. The molecule has 2 saturated heterocycles. The van der Waals surface area contributed by atoms with Gasteiger partial charge in [-0.15, -0.1) is 0 Å². The summed E-state index contributed by atoms with van der Waals surface area (Å²) in [6.45, 7) is 6.27. The predicted molar refractivity (Wildman–Crippen MR) is 103 cm³/mol. The molecule has 0 N–H and O–H groups in total. The van der Waals surface area contributed by atoms with Crippen molar-refractivity contribution in [2.24, 2.45) is 0 Å². The Morgan fingerprint density at radius 1 is 1.08 bits per heavy atom. The Kier molecular flexibility index (Phi) is 5.63. The Labute approximate surface area is 157 Å². The highest BCUT2D eigenvalue weighted by Crippen LogP contribution is 2.32. The second-order valence-corrected chi connectivity index (χ2v) is 9.61. The highest BCUT2D eigenvalue weighted by Gasteiger charge is 2.42. The summed E-state index contributed by atoms with van der Waals surface area (Å²) in [6.07, 6.45) is 1.77. The Hall–Kier alpha value is -1.15. The number of nitrogens with zero attached hydrogens (tertiary/aromatic N) is 2. The minimum absolute atomic E-state index is 0.144. The fraction of sp³-hybridized carbons (Fsp3) is 0.684. The van der Waals surface area contributed by atoms with Crippen molar-refractivity contribution in [3.05, 3.63) is 28.8 Å². The third kappa shape index (κ3) is 4.06. The zero-order valence-electron chi connectivity index (χ0n) is 16.2. The van der Waals surface area contributed by atoms with Crippen molar-refractivity contribution in [1.82, 2.24) is 4.31 Å². The van der Waals surface area contributed by atoms with Gasteiger partial charge >= 0.3 is 0 Å². The molecule has 2 heterocycles. The van der Waals surface area contributed by atoms with E-state index < -0.39 is 15.8 Å². The van der Waals surface area contributed by atoms with Crippen LogP contribution >= 0.6 is 0 Å². The van der Waals surface area contributed by atoms with Crippen LogP contribution in [-0.2, 0) is 25.9 Å². The topological polar surface area (TPSA) is 59.1 Å². The first-order valence-corrected chi connectivity index (χ1v) is 10.9. The van der Waals surface area contributed by atoms with Gasteiger partial charge in [-0.3, -0.25) is 0 Å². The number of benzene rings is 1. The molecule has 2 fully saturated rings. The molecule has 0 bridgehead atoms. The summed E-state index contributed by atoms with van der Waals surface area (Å²) < 4.78 is 38.6. The molecule has 0 saturated carbocycles. The molecule has 0 aliphatic carbocycles. The molecule has 0 atom stereocenters. The van der Waals surface area contributed by atoms with Gasteiger partial charge in [0.15, 0.2) is 5.79 Å². The zero-order chi connectivity index (χ0) is 18.9. The average Bonchev–Trinajstić information content (AvgIpc) is 3.02. The predicted octanol–water partition coefficient (Wildman–Crippen LogP) is 2.08. The molecule has 6 nitrogen and oxygen atoms in total. The van der Waals surface area contributed by atoms with Crippen LogP contribution in [0.1, 0.15) is 29.5 Å². The van der Waals surface area contributed by atoms with Crippen LogP contribution in [0.15, 0.2) is 12.1 Å². The van der Waals surface area contributed by atoms with Crippen molar-refractivity contribution in [2.45, 2.75) is 38.9 Å². The largest absolute Gasteiger partial charge is 0.378 e. The molecule has 1 aromatic rings. The van der Waals surface area contributed by atoms with Crippen LogP contribution in [0.2, 0.25) is 0 Å². The maximum absolute atomic E-state index is 12.8. The van der Waals surface area contributed by atoms with Crippen molar-refractivity contribution in [3.8, 4) is 0 Å². The summed E-state index contributed by atoms with van der Waals surface area (Å²) in [5.74, 6) is -0.397. The van der Waals surface area contributed by atoms with Crippen LogP contribution in [0.25, 0.3) is 0 Å². The van der Waals surface area contributed by atoms with E-state index in [1.807, 2.05) is 14.1 Å². The smallest absolute Gasteiger partial charge is 0.214 e. The number of hydrogen-bond donors (Lipinski definition) is 0. The minimum Gasteiger partial charge on any atom is -0.378 e. The molecule has 1 aromatic carbocycles. The summed E-state index contributed by atoms with van der Waals surface area (Å²) in [5.41, 5.74) is 4.57. The van der Waals surface area contributed by atoms with E-state index in [2.05, 4.69) is 30.9 Å². The highest BCUT2D eigenvalue weighted by atomic mass is 32.2. The second-order valence-electron chi connectivity index (χ2n) is 7.53. The third-order valence-corrected chi connectivity index (χ3v) is 7.37. The fourth-order valence-electron chi connectivity index (χ4n) is 3.87.